The lowest BCUT2D eigenvalue weighted by molar-refractivity contribution is -0.385. The molecule has 0 aromatic heterocycles. The number of aliphatic hydroxyl groups excluding tert-OH is 2. The molecule has 1 aliphatic rings. The summed E-state index contributed by atoms with van der Waals surface area (Å²) in [5.41, 5.74) is -0.184. The Hall–Kier alpha value is -3.76. The molecule has 1 atom stereocenters. The van der Waals surface area contributed by atoms with Crippen LogP contribution in [0.1, 0.15) is 24.1 Å². The number of ether oxygens (including phenoxy) is 2. The van der Waals surface area contributed by atoms with Crippen LogP contribution in [0.5, 0.6) is 5.75 Å². The largest absolute Gasteiger partial charge is 0.507 e. The third-order valence-corrected chi connectivity index (χ3v) is 5.12. The van der Waals surface area contributed by atoms with E-state index in [9.17, 15) is 24.8 Å². The molecule has 0 spiro atoms. The molecule has 1 aliphatic heterocycles. The van der Waals surface area contributed by atoms with Crippen molar-refractivity contribution >= 4 is 23.1 Å². The summed E-state index contributed by atoms with van der Waals surface area (Å²) in [7, 11) is 0. The van der Waals surface area contributed by atoms with Gasteiger partial charge in [-0.05, 0) is 37.3 Å². The van der Waals surface area contributed by atoms with Gasteiger partial charge < -0.3 is 24.6 Å². The van der Waals surface area contributed by atoms with Crippen LogP contribution in [0.3, 0.4) is 0 Å². The summed E-state index contributed by atoms with van der Waals surface area (Å²) in [6.45, 7) is 2.02. The number of hydrogen-bond acceptors (Lipinski definition) is 8. The fraction of sp³-hybridized carbons (Fsp3) is 0.304. The molecule has 0 saturated carbocycles. The van der Waals surface area contributed by atoms with Crippen molar-refractivity contribution in [2.24, 2.45) is 0 Å². The van der Waals surface area contributed by atoms with Crippen molar-refractivity contribution in [3.05, 3.63) is 75.3 Å². The van der Waals surface area contributed by atoms with Gasteiger partial charge in [-0.2, -0.15) is 0 Å². The number of benzene rings is 2. The zero-order valence-corrected chi connectivity index (χ0v) is 18.0. The van der Waals surface area contributed by atoms with E-state index in [1.54, 1.807) is 18.2 Å². The van der Waals surface area contributed by atoms with Gasteiger partial charge in [0.15, 0.2) is 0 Å². The summed E-state index contributed by atoms with van der Waals surface area (Å²) in [6, 6.07) is 10.9. The number of aliphatic hydroxyl groups is 2. The first-order valence-electron chi connectivity index (χ1n) is 10.3. The van der Waals surface area contributed by atoms with Crippen LogP contribution < -0.4 is 4.74 Å². The Morgan fingerprint density at radius 3 is 2.45 bits per heavy atom. The van der Waals surface area contributed by atoms with Gasteiger partial charge >= 0.3 is 0 Å². The van der Waals surface area contributed by atoms with E-state index in [1.165, 1.54) is 30.3 Å². The van der Waals surface area contributed by atoms with Crippen LogP contribution in [0, 0.1) is 10.1 Å². The first kappa shape index (κ1) is 23.9. The number of nitro groups is 1. The third kappa shape index (κ3) is 5.02. The summed E-state index contributed by atoms with van der Waals surface area (Å²) >= 11 is 0. The second-order valence-corrected chi connectivity index (χ2v) is 7.10. The predicted octanol–water partition coefficient (Wildman–Crippen LogP) is 2.42. The van der Waals surface area contributed by atoms with Crippen LogP contribution >= 0.6 is 0 Å². The molecule has 1 heterocycles. The van der Waals surface area contributed by atoms with Crippen molar-refractivity contribution in [2.45, 2.75) is 13.0 Å². The topological polar surface area (TPSA) is 139 Å². The first-order chi connectivity index (χ1) is 15.9. The molecule has 3 rings (SSSR count). The number of carbonyl (C=O) groups is 2. The number of amides is 1. The quantitative estimate of drug-likeness (QED) is 0.139. The van der Waals surface area contributed by atoms with Crippen LogP contribution in [0.2, 0.25) is 0 Å². The van der Waals surface area contributed by atoms with Crippen molar-refractivity contribution in [3.63, 3.8) is 0 Å². The van der Waals surface area contributed by atoms with Crippen molar-refractivity contribution < 1.29 is 34.2 Å². The minimum absolute atomic E-state index is 0.00614. The molecular formula is C23H24N2O8. The number of rotatable bonds is 10. The number of nitro benzene ring substituents is 1. The van der Waals surface area contributed by atoms with Crippen LogP contribution in [0.4, 0.5) is 5.69 Å². The zero-order chi connectivity index (χ0) is 24.0. The Morgan fingerprint density at radius 1 is 1.12 bits per heavy atom. The number of likely N-dealkylation sites (tertiary alicyclic amines) is 1. The molecule has 2 aromatic carbocycles. The number of carbonyl (C=O) groups excluding carboxylic acids is 2. The summed E-state index contributed by atoms with van der Waals surface area (Å²) in [4.78, 5) is 38.0. The Kier molecular flexibility index (Phi) is 7.75. The smallest absolute Gasteiger partial charge is 0.295 e. The van der Waals surface area contributed by atoms with E-state index in [4.69, 9.17) is 14.6 Å². The molecule has 10 nitrogen and oxygen atoms in total. The van der Waals surface area contributed by atoms with E-state index in [0.29, 0.717) is 12.4 Å². The highest BCUT2D eigenvalue weighted by molar-refractivity contribution is 6.46. The van der Waals surface area contributed by atoms with E-state index in [0.717, 1.165) is 4.90 Å². The molecule has 0 aliphatic carbocycles. The minimum atomic E-state index is -1.18. The molecule has 2 aromatic rings. The minimum Gasteiger partial charge on any atom is -0.507 e. The summed E-state index contributed by atoms with van der Waals surface area (Å²) < 4.78 is 10.6. The normalized spacial score (nSPS) is 17.4. The van der Waals surface area contributed by atoms with Gasteiger partial charge in [0.25, 0.3) is 17.4 Å². The molecule has 1 amide bonds. The van der Waals surface area contributed by atoms with Crippen molar-refractivity contribution in [1.82, 2.24) is 4.90 Å². The highest BCUT2D eigenvalue weighted by Crippen LogP contribution is 2.42. The highest BCUT2D eigenvalue weighted by atomic mass is 16.6. The average Bonchev–Trinajstić information content (AvgIpc) is 3.07. The average molecular weight is 456 g/mol. The molecule has 174 valence electrons. The van der Waals surface area contributed by atoms with Gasteiger partial charge in [0.1, 0.15) is 11.5 Å². The molecule has 33 heavy (non-hydrogen) atoms. The maximum absolute atomic E-state index is 13.0. The van der Waals surface area contributed by atoms with E-state index >= 15 is 0 Å². The van der Waals surface area contributed by atoms with Crippen LogP contribution in [0.15, 0.2) is 54.1 Å². The fourth-order valence-corrected chi connectivity index (χ4v) is 3.68. The number of hydrogen-bond donors (Lipinski definition) is 2. The molecule has 1 unspecified atom stereocenters. The van der Waals surface area contributed by atoms with Crippen molar-refractivity contribution in [1.29, 1.82) is 0 Å². The van der Waals surface area contributed by atoms with Gasteiger partial charge in [-0.25, -0.2) is 0 Å². The summed E-state index contributed by atoms with van der Waals surface area (Å²) in [5.74, 6) is -1.74. The van der Waals surface area contributed by atoms with Crippen molar-refractivity contribution in [3.8, 4) is 5.75 Å². The number of Topliss-reactive ketones (excluding diaryl/α,β-unsaturated/α-hetero) is 1. The highest BCUT2D eigenvalue weighted by Gasteiger charge is 2.47. The Morgan fingerprint density at radius 2 is 1.82 bits per heavy atom. The van der Waals surface area contributed by atoms with Crippen LogP contribution in [-0.4, -0.2) is 64.7 Å². The van der Waals surface area contributed by atoms with Gasteiger partial charge in [0, 0.05) is 18.2 Å². The summed E-state index contributed by atoms with van der Waals surface area (Å²) in [6.07, 6.45) is 0. The maximum atomic E-state index is 13.0. The third-order valence-electron chi connectivity index (χ3n) is 5.12. The second kappa shape index (κ2) is 10.7. The van der Waals surface area contributed by atoms with E-state index in [-0.39, 0.29) is 48.8 Å². The maximum Gasteiger partial charge on any atom is 0.295 e. The lowest BCUT2D eigenvalue weighted by Gasteiger charge is -2.25. The second-order valence-electron chi connectivity index (χ2n) is 7.10. The SMILES string of the molecule is CCOc1ccc(/C(O)=C2\C(=O)C(=O)N(CCOCCO)C2c2ccccc2[N+](=O)[O-])cc1. The van der Waals surface area contributed by atoms with Crippen LogP contribution in [-0.2, 0) is 14.3 Å². The standard InChI is InChI=1S/C23H24N2O8/c1-2-33-16-9-7-15(8-10-16)21(27)19-20(17-5-3-4-6-18(17)25(30)31)24(23(29)22(19)28)11-13-32-14-12-26/h3-10,20,26-27H,2,11-14H2,1H3/b21-19+. The molecule has 1 fully saturated rings. The fourth-order valence-electron chi connectivity index (χ4n) is 3.68. The lowest BCUT2D eigenvalue weighted by atomic mass is 9.94. The molecule has 1 saturated heterocycles. The zero-order valence-electron chi connectivity index (χ0n) is 18.0. The Labute approximate surface area is 189 Å². The molecule has 0 bridgehead atoms. The lowest BCUT2D eigenvalue weighted by Crippen LogP contribution is -2.33. The molecule has 0 radical (unpaired) electrons. The van der Waals surface area contributed by atoms with E-state index in [2.05, 4.69) is 0 Å². The van der Waals surface area contributed by atoms with Gasteiger partial charge in [0.05, 0.1) is 48.5 Å². The molecule has 2 N–H and O–H groups in total. The van der Waals surface area contributed by atoms with Gasteiger partial charge in [-0.3, -0.25) is 19.7 Å². The number of ketones is 1. The van der Waals surface area contributed by atoms with E-state index < -0.39 is 28.4 Å². The first-order valence-corrected chi connectivity index (χ1v) is 10.3. The Bertz CT molecular complexity index is 1060. The Balaban J connectivity index is 2.12. The van der Waals surface area contributed by atoms with Gasteiger partial charge in [-0.15, -0.1) is 0 Å². The molecule has 10 heteroatoms. The van der Waals surface area contributed by atoms with Gasteiger partial charge in [0.2, 0.25) is 0 Å². The monoisotopic (exact) mass is 456 g/mol. The predicted molar refractivity (Wildman–Crippen MR) is 118 cm³/mol. The number of para-hydroxylation sites is 1. The summed E-state index contributed by atoms with van der Waals surface area (Å²) in [5, 5.41) is 31.6. The van der Waals surface area contributed by atoms with Gasteiger partial charge in [-0.1, -0.05) is 12.1 Å². The van der Waals surface area contributed by atoms with Crippen LogP contribution in [0.25, 0.3) is 5.76 Å². The van der Waals surface area contributed by atoms with E-state index in [1.807, 2.05) is 6.92 Å². The number of nitrogens with zero attached hydrogens (tertiary/aromatic N) is 2. The molecular weight excluding hydrogens is 432 g/mol. The van der Waals surface area contributed by atoms with Crippen molar-refractivity contribution in [2.75, 3.05) is 33.0 Å².